The second-order valence-corrected chi connectivity index (χ2v) is 5.37. The number of β-amino-alcohol motifs (C(OH)–C–C–N with tert-alkyl or cyclic N) is 1. The van der Waals surface area contributed by atoms with E-state index in [1.54, 1.807) is 24.3 Å². The van der Waals surface area contributed by atoms with Gasteiger partial charge in [-0.05, 0) is 17.7 Å². The van der Waals surface area contributed by atoms with Crippen molar-refractivity contribution in [1.29, 1.82) is 0 Å². The number of carbonyl (C=O) groups excluding carboxylic acids is 1. The lowest BCUT2D eigenvalue weighted by molar-refractivity contribution is -0.165. The van der Waals surface area contributed by atoms with Gasteiger partial charge in [0.1, 0.15) is 24.1 Å². The Kier molecular flexibility index (Phi) is 5.36. The number of likely N-dealkylation sites (tertiary alicyclic amines) is 1. The number of carbonyl (C=O) groups is 1. The standard InChI is InChI=1S/C15H21NO6/c1-22-10-4-2-3-9(5-10)6-13(19)16-7-12(18)15(21)14(20)11(16)8-17/h2-5,11-12,14-15,17-18,20-21H,6-8H2,1H3/t11?,12-,14+,15+/m0/s1. The molecule has 0 aromatic heterocycles. The molecular formula is C15H21NO6. The second-order valence-electron chi connectivity index (χ2n) is 5.37. The fraction of sp³-hybridized carbons (Fsp3) is 0.533. The highest BCUT2D eigenvalue weighted by Crippen LogP contribution is 2.21. The highest BCUT2D eigenvalue weighted by molar-refractivity contribution is 5.79. The van der Waals surface area contributed by atoms with Gasteiger partial charge in [0.25, 0.3) is 0 Å². The zero-order valence-electron chi connectivity index (χ0n) is 12.3. The molecule has 0 spiro atoms. The SMILES string of the molecule is COc1cccc(CC(=O)N2C[C@H](O)[C@@H](O)[C@H](O)C2CO)c1. The number of nitrogens with zero attached hydrogens (tertiary/aromatic N) is 1. The summed E-state index contributed by atoms with van der Waals surface area (Å²) in [7, 11) is 1.53. The van der Waals surface area contributed by atoms with E-state index >= 15 is 0 Å². The molecular weight excluding hydrogens is 290 g/mol. The molecule has 1 aromatic rings. The number of aliphatic hydroxyl groups excluding tert-OH is 4. The van der Waals surface area contributed by atoms with Crippen LogP contribution >= 0.6 is 0 Å². The largest absolute Gasteiger partial charge is 0.497 e. The minimum atomic E-state index is -1.39. The van der Waals surface area contributed by atoms with E-state index in [1.165, 1.54) is 12.0 Å². The predicted molar refractivity (Wildman–Crippen MR) is 77.3 cm³/mol. The maximum atomic E-state index is 12.4. The Morgan fingerprint density at radius 3 is 2.68 bits per heavy atom. The Hall–Kier alpha value is -1.67. The Bertz CT molecular complexity index is 523. The Morgan fingerprint density at radius 2 is 2.05 bits per heavy atom. The third-order valence-electron chi connectivity index (χ3n) is 3.92. The normalized spacial score (nSPS) is 28.5. The van der Waals surface area contributed by atoms with Crippen LogP contribution in [0, 0.1) is 0 Å². The number of piperidine rings is 1. The van der Waals surface area contributed by atoms with E-state index in [0.29, 0.717) is 5.75 Å². The molecule has 7 heteroatoms. The number of ether oxygens (including phenoxy) is 1. The minimum Gasteiger partial charge on any atom is -0.497 e. The maximum Gasteiger partial charge on any atom is 0.227 e. The van der Waals surface area contributed by atoms with Crippen molar-refractivity contribution in [2.24, 2.45) is 0 Å². The third-order valence-corrected chi connectivity index (χ3v) is 3.92. The molecule has 4 atom stereocenters. The third kappa shape index (κ3) is 3.38. The molecule has 2 rings (SSSR count). The molecule has 1 amide bonds. The molecule has 1 unspecified atom stereocenters. The van der Waals surface area contributed by atoms with Crippen LogP contribution in [0.4, 0.5) is 0 Å². The first-order chi connectivity index (χ1) is 10.5. The van der Waals surface area contributed by atoms with E-state index in [4.69, 9.17) is 4.74 Å². The molecule has 1 aromatic carbocycles. The molecule has 1 saturated heterocycles. The average molecular weight is 311 g/mol. The van der Waals surface area contributed by atoms with E-state index in [2.05, 4.69) is 0 Å². The number of methoxy groups -OCH3 is 1. The summed E-state index contributed by atoms with van der Waals surface area (Å²) in [5.74, 6) is 0.274. The predicted octanol–water partition coefficient (Wildman–Crippen LogP) is -1.48. The lowest BCUT2D eigenvalue weighted by Gasteiger charge is -2.43. The Balaban J connectivity index is 2.13. The first-order valence-corrected chi connectivity index (χ1v) is 7.05. The van der Waals surface area contributed by atoms with Gasteiger partial charge in [-0.1, -0.05) is 12.1 Å². The van der Waals surface area contributed by atoms with Crippen molar-refractivity contribution in [1.82, 2.24) is 4.90 Å². The van der Waals surface area contributed by atoms with Crippen LogP contribution in [0.25, 0.3) is 0 Å². The van der Waals surface area contributed by atoms with Crippen molar-refractivity contribution in [3.63, 3.8) is 0 Å². The van der Waals surface area contributed by atoms with Crippen LogP contribution in [0.3, 0.4) is 0 Å². The van der Waals surface area contributed by atoms with Crippen molar-refractivity contribution in [3.8, 4) is 5.75 Å². The van der Waals surface area contributed by atoms with Crippen LogP contribution in [0.15, 0.2) is 24.3 Å². The number of hydrogen-bond acceptors (Lipinski definition) is 6. The second kappa shape index (κ2) is 7.06. The summed E-state index contributed by atoms with van der Waals surface area (Å²) in [6.07, 6.45) is -3.96. The summed E-state index contributed by atoms with van der Waals surface area (Å²) in [6, 6.07) is 6.07. The maximum absolute atomic E-state index is 12.4. The van der Waals surface area contributed by atoms with E-state index in [1.807, 2.05) is 0 Å². The highest BCUT2D eigenvalue weighted by atomic mass is 16.5. The first-order valence-electron chi connectivity index (χ1n) is 7.05. The number of rotatable bonds is 4. The lowest BCUT2D eigenvalue weighted by Crippen LogP contribution is -2.64. The van der Waals surface area contributed by atoms with Crippen LogP contribution in [0.1, 0.15) is 5.56 Å². The molecule has 0 bridgehead atoms. The minimum absolute atomic E-state index is 0.0449. The molecule has 1 aliphatic heterocycles. The van der Waals surface area contributed by atoms with Crippen molar-refractivity contribution >= 4 is 5.91 Å². The average Bonchev–Trinajstić information content (AvgIpc) is 2.52. The Labute approximate surface area is 128 Å². The summed E-state index contributed by atoms with van der Waals surface area (Å²) in [5, 5.41) is 38.6. The van der Waals surface area contributed by atoms with Gasteiger partial charge < -0.3 is 30.1 Å². The molecule has 4 N–H and O–H groups in total. The highest BCUT2D eigenvalue weighted by Gasteiger charge is 2.42. The van der Waals surface area contributed by atoms with Crippen molar-refractivity contribution < 1.29 is 30.0 Å². The van der Waals surface area contributed by atoms with Crippen molar-refractivity contribution in [2.75, 3.05) is 20.3 Å². The first kappa shape index (κ1) is 16.7. The number of hydrogen-bond donors (Lipinski definition) is 4. The van der Waals surface area contributed by atoms with E-state index in [0.717, 1.165) is 5.56 Å². The van der Waals surface area contributed by atoms with E-state index < -0.39 is 31.0 Å². The molecule has 122 valence electrons. The summed E-state index contributed by atoms with van der Waals surface area (Å²) < 4.78 is 5.09. The lowest BCUT2D eigenvalue weighted by atomic mass is 9.93. The quantitative estimate of drug-likeness (QED) is 0.540. The zero-order valence-corrected chi connectivity index (χ0v) is 12.3. The van der Waals surface area contributed by atoms with Gasteiger partial charge in [-0.15, -0.1) is 0 Å². The van der Waals surface area contributed by atoms with Gasteiger partial charge in [0.15, 0.2) is 0 Å². The monoisotopic (exact) mass is 311 g/mol. The molecule has 1 heterocycles. The number of amides is 1. The molecule has 22 heavy (non-hydrogen) atoms. The van der Waals surface area contributed by atoms with Gasteiger partial charge in [0, 0.05) is 6.54 Å². The summed E-state index contributed by atoms with van der Waals surface area (Å²) in [5.41, 5.74) is 0.719. The van der Waals surface area contributed by atoms with Gasteiger partial charge >= 0.3 is 0 Å². The van der Waals surface area contributed by atoms with E-state index in [-0.39, 0.29) is 18.9 Å². The molecule has 0 radical (unpaired) electrons. The molecule has 0 saturated carbocycles. The smallest absolute Gasteiger partial charge is 0.227 e. The Morgan fingerprint density at radius 1 is 1.32 bits per heavy atom. The molecule has 1 fully saturated rings. The van der Waals surface area contributed by atoms with Crippen LogP contribution in [-0.2, 0) is 11.2 Å². The summed E-state index contributed by atoms with van der Waals surface area (Å²) >= 11 is 0. The van der Waals surface area contributed by atoms with Crippen LogP contribution in [0.5, 0.6) is 5.75 Å². The van der Waals surface area contributed by atoms with Crippen molar-refractivity contribution in [2.45, 2.75) is 30.8 Å². The fourth-order valence-electron chi connectivity index (χ4n) is 2.64. The van der Waals surface area contributed by atoms with Gasteiger partial charge in [0.2, 0.25) is 5.91 Å². The van der Waals surface area contributed by atoms with Crippen LogP contribution in [-0.4, -0.2) is 75.8 Å². The van der Waals surface area contributed by atoms with Crippen LogP contribution < -0.4 is 4.74 Å². The molecule has 7 nitrogen and oxygen atoms in total. The van der Waals surface area contributed by atoms with Gasteiger partial charge in [-0.2, -0.15) is 0 Å². The van der Waals surface area contributed by atoms with Crippen LogP contribution in [0.2, 0.25) is 0 Å². The summed E-state index contributed by atoms with van der Waals surface area (Å²) in [4.78, 5) is 13.6. The molecule has 0 aliphatic carbocycles. The van der Waals surface area contributed by atoms with Crippen molar-refractivity contribution in [3.05, 3.63) is 29.8 Å². The fourth-order valence-corrected chi connectivity index (χ4v) is 2.64. The number of aliphatic hydroxyl groups is 4. The molecule has 1 aliphatic rings. The van der Waals surface area contributed by atoms with Gasteiger partial charge in [-0.3, -0.25) is 4.79 Å². The van der Waals surface area contributed by atoms with Gasteiger partial charge in [-0.25, -0.2) is 0 Å². The topological polar surface area (TPSA) is 110 Å². The van der Waals surface area contributed by atoms with E-state index in [9.17, 15) is 25.2 Å². The number of benzene rings is 1. The summed E-state index contributed by atoms with van der Waals surface area (Å²) in [6.45, 7) is -0.624. The zero-order chi connectivity index (χ0) is 16.3. The van der Waals surface area contributed by atoms with Gasteiger partial charge in [0.05, 0.1) is 26.2 Å².